The van der Waals surface area contributed by atoms with Gasteiger partial charge in [-0.2, -0.15) is 13.2 Å². The van der Waals surface area contributed by atoms with Crippen LogP contribution in [-0.4, -0.2) is 41.6 Å². The average Bonchev–Trinajstić information content (AvgIpc) is 3.43. The second kappa shape index (κ2) is 11.5. The summed E-state index contributed by atoms with van der Waals surface area (Å²) in [7, 11) is 3.80. The number of amides is 3. The van der Waals surface area contributed by atoms with Gasteiger partial charge in [0.25, 0.3) is 0 Å². The molecular formula is C32H27F3N4O4S2. The quantitative estimate of drug-likeness (QED) is 0.268. The van der Waals surface area contributed by atoms with Crippen LogP contribution in [0.5, 0.6) is 0 Å². The topological polar surface area (TPSA) is 91.7 Å². The van der Waals surface area contributed by atoms with E-state index in [1.54, 1.807) is 12.1 Å². The van der Waals surface area contributed by atoms with Crippen molar-refractivity contribution in [3.05, 3.63) is 104 Å². The lowest BCUT2D eigenvalue weighted by molar-refractivity contribution is -0.137. The minimum Gasteiger partial charge on any atom is -0.378 e. The van der Waals surface area contributed by atoms with Crippen LogP contribution < -0.4 is 20.0 Å². The smallest absolute Gasteiger partial charge is 0.378 e. The summed E-state index contributed by atoms with van der Waals surface area (Å²) in [6.45, 7) is 1.42. The fourth-order valence-electron chi connectivity index (χ4n) is 5.66. The van der Waals surface area contributed by atoms with Crippen molar-refractivity contribution in [1.82, 2.24) is 4.57 Å². The molecule has 8 nitrogen and oxygen atoms in total. The Morgan fingerprint density at radius 3 is 2.29 bits per heavy atom. The van der Waals surface area contributed by atoms with Crippen molar-refractivity contribution in [2.75, 3.05) is 29.2 Å². The number of thioether (sulfide) groups is 1. The van der Waals surface area contributed by atoms with Gasteiger partial charge < -0.3 is 10.2 Å². The van der Waals surface area contributed by atoms with Crippen molar-refractivity contribution in [2.24, 2.45) is 5.92 Å². The Kier molecular flexibility index (Phi) is 7.86. The maximum atomic E-state index is 14.0. The molecule has 1 fully saturated rings. The number of carbonyl (C=O) groups excluding carboxylic acids is 3. The molecule has 1 saturated heterocycles. The number of thiazole rings is 1. The Morgan fingerprint density at radius 2 is 1.64 bits per heavy atom. The van der Waals surface area contributed by atoms with Gasteiger partial charge in [-0.1, -0.05) is 59.0 Å². The van der Waals surface area contributed by atoms with Crippen molar-refractivity contribution in [3.63, 3.8) is 0 Å². The van der Waals surface area contributed by atoms with Gasteiger partial charge in [0, 0.05) is 36.3 Å². The monoisotopic (exact) mass is 652 g/mol. The minimum atomic E-state index is -4.59. The van der Waals surface area contributed by atoms with Gasteiger partial charge in [-0.15, -0.1) is 0 Å². The SMILES string of the molecule is Cc1ccc(N2C(=O)[C@H]3[C@H](c4ccc(N(C)C)cc4)c4sc(=O)n(CC(=O)Nc5cccc(C(F)(F)F)c5)c4S[C@H]3C2=O)cc1. The number of aromatic nitrogens is 1. The Morgan fingerprint density at radius 1 is 0.956 bits per heavy atom. The average molecular weight is 653 g/mol. The zero-order chi connectivity index (χ0) is 32.2. The van der Waals surface area contributed by atoms with Crippen LogP contribution in [0.1, 0.15) is 27.5 Å². The number of fused-ring (bicyclic) bond motifs is 2. The zero-order valence-corrected chi connectivity index (χ0v) is 25.9. The molecule has 1 aromatic heterocycles. The van der Waals surface area contributed by atoms with E-state index < -0.39 is 52.1 Å². The summed E-state index contributed by atoms with van der Waals surface area (Å²) < 4.78 is 40.8. The Hall–Kier alpha value is -4.36. The number of hydrogen-bond acceptors (Lipinski definition) is 7. The van der Waals surface area contributed by atoms with Gasteiger partial charge in [-0.3, -0.25) is 23.7 Å². The summed E-state index contributed by atoms with van der Waals surface area (Å²) in [5.74, 6) is -2.94. The molecule has 0 aliphatic carbocycles. The molecule has 0 bridgehead atoms. The third-order valence-corrected chi connectivity index (χ3v) is 10.5. The van der Waals surface area contributed by atoms with Crippen molar-refractivity contribution >= 4 is 57.9 Å². The number of benzene rings is 3. The predicted molar refractivity (Wildman–Crippen MR) is 168 cm³/mol. The van der Waals surface area contributed by atoms with Gasteiger partial charge in [-0.05, 0) is 55.0 Å². The second-order valence-corrected chi connectivity index (χ2v) is 13.2. The second-order valence-electron chi connectivity index (χ2n) is 11.1. The van der Waals surface area contributed by atoms with Crippen LogP contribution in [-0.2, 0) is 27.1 Å². The molecule has 0 radical (unpaired) electrons. The zero-order valence-electron chi connectivity index (χ0n) is 24.3. The molecule has 0 saturated carbocycles. The van der Waals surface area contributed by atoms with Crippen LogP contribution >= 0.6 is 23.1 Å². The molecule has 45 heavy (non-hydrogen) atoms. The van der Waals surface area contributed by atoms with E-state index in [4.69, 9.17) is 0 Å². The van der Waals surface area contributed by atoms with Crippen molar-refractivity contribution in [2.45, 2.75) is 35.8 Å². The molecule has 0 spiro atoms. The van der Waals surface area contributed by atoms with E-state index in [-0.39, 0.29) is 11.6 Å². The summed E-state index contributed by atoms with van der Waals surface area (Å²) in [5, 5.41) is 1.97. The number of imide groups is 1. The predicted octanol–water partition coefficient (Wildman–Crippen LogP) is 5.74. The van der Waals surface area contributed by atoms with E-state index in [0.29, 0.717) is 15.6 Å². The molecule has 2 aliphatic rings. The summed E-state index contributed by atoms with van der Waals surface area (Å²) in [4.78, 5) is 57.5. The van der Waals surface area contributed by atoms with Gasteiger partial charge in [0.15, 0.2) is 0 Å². The van der Waals surface area contributed by atoms with Crippen molar-refractivity contribution < 1.29 is 27.6 Å². The molecule has 3 atom stereocenters. The molecule has 3 amide bonds. The highest BCUT2D eigenvalue weighted by atomic mass is 32.2. The lowest BCUT2D eigenvalue weighted by atomic mass is 9.83. The summed E-state index contributed by atoms with van der Waals surface area (Å²) in [6.07, 6.45) is -4.59. The normalized spacial score (nSPS) is 19.3. The number of anilines is 3. The first-order chi connectivity index (χ1) is 21.3. The summed E-state index contributed by atoms with van der Waals surface area (Å²) in [6, 6.07) is 18.8. The van der Waals surface area contributed by atoms with Crippen LogP contribution in [0.4, 0.5) is 30.2 Å². The summed E-state index contributed by atoms with van der Waals surface area (Å²) in [5.41, 5.74) is 2.10. The number of rotatable bonds is 6. The molecule has 4 aromatic rings. The highest BCUT2D eigenvalue weighted by molar-refractivity contribution is 8.00. The van der Waals surface area contributed by atoms with E-state index in [2.05, 4.69) is 5.32 Å². The number of hydrogen-bond donors (Lipinski definition) is 1. The molecule has 1 N–H and O–H groups in total. The van der Waals surface area contributed by atoms with Gasteiger partial charge in [0.1, 0.15) is 11.8 Å². The van der Waals surface area contributed by atoms with Crippen LogP contribution in [0.25, 0.3) is 0 Å². The van der Waals surface area contributed by atoms with E-state index >= 15 is 0 Å². The van der Waals surface area contributed by atoms with Crippen LogP contribution in [0.2, 0.25) is 0 Å². The van der Waals surface area contributed by atoms with Crippen molar-refractivity contribution in [1.29, 1.82) is 0 Å². The maximum absolute atomic E-state index is 14.0. The first-order valence-corrected chi connectivity index (χ1v) is 15.6. The lowest BCUT2D eigenvalue weighted by Gasteiger charge is -2.31. The van der Waals surface area contributed by atoms with E-state index in [9.17, 15) is 32.3 Å². The molecule has 232 valence electrons. The first-order valence-electron chi connectivity index (χ1n) is 13.9. The van der Waals surface area contributed by atoms with Crippen LogP contribution in [0, 0.1) is 12.8 Å². The standard InChI is InChI=1S/C32H27F3N4O4S2/c1-17-7-11-22(12-8-17)39-28(41)25-24(18-9-13-21(14-10-18)37(2)3)27-30(44-26(25)29(39)42)38(31(43)45-27)16-23(40)36-20-6-4-5-19(15-20)32(33,34)35/h4-15,24-26H,16H2,1-3H3,(H,36,40)/t24-,25-,26+/m0/s1. The third kappa shape index (κ3) is 5.66. The minimum absolute atomic E-state index is 0.0659. The van der Waals surface area contributed by atoms with E-state index in [1.165, 1.54) is 21.6 Å². The Labute approximate surface area is 264 Å². The number of nitrogens with zero attached hydrogens (tertiary/aromatic N) is 3. The van der Waals surface area contributed by atoms with Crippen LogP contribution in [0.15, 0.2) is 82.6 Å². The van der Waals surface area contributed by atoms with Gasteiger partial charge >= 0.3 is 11.0 Å². The number of aryl methyl sites for hydroxylation is 1. The highest BCUT2D eigenvalue weighted by Crippen LogP contribution is 2.54. The van der Waals surface area contributed by atoms with Gasteiger partial charge in [0.05, 0.1) is 22.2 Å². The number of alkyl halides is 3. The Balaban J connectivity index is 1.38. The molecule has 6 rings (SSSR count). The first kappa shape index (κ1) is 30.7. The third-order valence-electron chi connectivity index (χ3n) is 7.89. The summed E-state index contributed by atoms with van der Waals surface area (Å²) >= 11 is 1.97. The van der Waals surface area contributed by atoms with Gasteiger partial charge in [-0.25, -0.2) is 4.90 Å². The fourth-order valence-corrected chi connectivity index (χ4v) is 8.43. The largest absolute Gasteiger partial charge is 0.416 e. The number of nitrogens with one attached hydrogen (secondary N) is 1. The highest BCUT2D eigenvalue weighted by Gasteiger charge is 2.56. The lowest BCUT2D eigenvalue weighted by Crippen LogP contribution is -2.33. The number of halogens is 3. The van der Waals surface area contributed by atoms with Crippen LogP contribution in [0.3, 0.4) is 0 Å². The molecular weight excluding hydrogens is 626 g/mol. The van der Waals surface area contributed by atoms with Crippen molar-refractivity contribution in [3.8, 4) is 0 Å². The molecule has 2 aliphatic heterocycles. The maximum Gasteiger partial charge on any atom is 0.416 e. The van der Waals surface area contributed by atoms with Gasteiger partial charge in [0.2, 0.25) is 17.7 Å². The fraction of sp³-hybridized carbons (Fsp3) is 0.250. The molecule has 3 aromatic carbocycles. The van der Waals surface area contributed by atoms with E-state index in [1.807, 2.05) is 62.3 Å². The number of carbonyl (C=O) groups is 3. The molecule has 13 heteroatoms. The molecule has 3 heterocycles. The molecule has 0 unspecified atom stereocenters. The Bertz CT molecular complexity index is 1870. The van der Waals surface area contributed by atoms with E-state index in [0.717, 1.165) is 52.0 Å².